The van der Waals surface area contributed by atoms with Crippen LogP contribution in [0.15, 0.2) is 4.99 Å². The molecule has 0 radical (unpaired) electrons. The zero-order valence-corrected chi connectivity index (χ0v) is 9.29. The highest BCUT2D eigenvalue weighted by Gasteiger charge is 2.24. The van der Waals surface area contributed by atoms with Gasteiger partial charge in [0.2, 0.25) is 0 Å². The summed E-state index contributed by atoms with van der Waals surface area (Å²) in [7, 11) is 1.90. The summed E-state index contributed by atoms with van der Waals surface area (Å²) in [6, 6.07) is 0. The minimum Gasteiger partial charge on any atom is -0.301 e. The van der Waals surface area contributed by atoms with Gasteiger partial charge in [0, 0.05) is 13.3 Å². The smallest absolute Gasteiger partial charge is 0.0273 e. The molecule has 0 saturated heterocycles. The topological polar surface area (TPSA) is 12.4 Å². The second-order valence-corrected chi connectivity index (χ2v) is 4.63. The second-order valence-electron chi connectivity index (χ2n) is 4.63. The van der Waals surface area contributed by atoms with Crippen molar-refractivity contribution < 1.29 is 0 Å². The van der Waals surface area contributed by atoms with Crippen molar-refractivity contribution in [3.8, 4) is 0 Å². The standard InChI is InChI=1S/C12H23N/c1-10(2)12(9-13-3)11-7-5-4-6-8-11/h9-12H,4-8H2,1-3H3. The summed E-state index contributed by atoms with van der Waals surface area (Å²) in [5.41, 5.74) is 0. The molecule has 0 aliphatic heterocycles. The summed E-state index contributed by atoms with van der Waals surface area (Å²) in [4.78, 5) is 4.21. The molecule has 0 bridgehead atoms. The van der Waals surface area contributed by atoms with Gasteiger partial charge in [0.1, 0.15) is 0 Å². The van der Waals surface area contributed by atoms with E-state index in [1.54, 1.807) is 0 Å². The molecule has 1 aliphatic carbocycles. The highest BCUT2D eigenvalue weighted by molar-refractivity contribution is 5.61. The first-order chi connectivity index (χ1) is 6.25. The Labute approximate surface area is 82.6 Å². The van der Waals surface area contributed by atoms with Crippen LogP contribution in [0.2, 0.25) is 0 Å². The third kappa shape index (κ3) is 3.13. The Morgan fingerprint density at radius 3 is 2.23 bits per heavy atom. The number of aliphatic imine (C=N–C) groups is 1. The third-order valence-corrected chi connectivity index (χ3v) is 3.29. The van der Waals surface area contributed by atoms with Crippen LogP contribution in [-0.4, -0.2) is 13.3 Å². The van der Waals surface area contributed by atoms with Crippen LogP contribution in [0.25, 0.3) is 0 Å². The molecule has 0 heterocycles. The average molecular weight is 181 g/mol. The van der Waals surface area contributed by atoms with Gasteiger partial charge in [0.25, 0.3) is 0 Å². The molecule has 0 amide bonds. The maximum absolute atomic E-state index is 4.21. The minimum absolute atomic E-state index is 0.727. The van der Waals surface area contributed by atoms with Crippen LogP contribution in [0, 0.1) is 17.8 Å². The lowest BCUT2D eigenvalue weighted by Crippen LogP contribution is -2.23. The van der Waals surface area contributed by atoms with E-state index < -0.39 is 0 Å². The first-order valence-electron chi connectivity index (χ1n) is 5.68. The fourth-order valence-electron chi connectivity index (χ4n) is 2.53. The van der Waals surface area contributed by atoms with E-state index in [-0.39, 0.29) is 0 Å². The van der Waals surface area contributed by atoms with E-state index in [4.69, 9.17) is 0 Å². The monoisotopic (exact) mass is 181 g/mol. The van der Waals surface area contributed by atoms with Gasteiger partial charge in [-0.3, -0.25) is 0 Å². The van der Waals surface area contributed by atoms with Crippen LogP contribution in [0.5, 0.6) is 0 Å². The van der Waals surface area contributed by atoms with Crippen molar-refractivity contribution >= 4 is 6.21 Å². The van der Waals surface area contributed by atoms with Gasteiger partial charge in [-0.25, -0.2) is 0 Å². The Bertz CT molecular complexity index is 155. The molecular formula is C12H23N. The lowest BCUT2D eigenvalue weighted by atomic mass is 9.76. The molecule has 0 spiro atoms. The van der Waals surface area contributed by atoms with Crippen LogP contribution in [0.4, 0.5) is 0 Å². The van der Waals surface area contributed by atoms with Crippen molar-refractivity contribution in [3.63, 3.8) is 0 Å². The Morgan fingerprint density at radius 1 is 1.15 bits per heavy atom. The Kier molecular flexibility index (Phi) is 4.47. The Morgan fingerprint density at radius 2 is 1.77 bits per heavy atom. The fraction of sp³-hybridized carbons (Fsp3) is 0.917. The lowest BCUT2D eigenvalue weighted by Gasteiger charge is -2.30. The van der Waals surface area contributed by atoms with Crippen molar-refractivity contribution in [1.29, 1.82) is 0 Å². The van der Waals surface area contributed by atoms with Gasteiger partial charge in [-0.15, -0.1) is 0 Å². The molecule has 1 nitrogen and oxygen atoms in total. The molecule has 1 atom stereocenters. The zero-order valence-electron chi connectivity index (χ0n) is 9.29. The largest absolute Gasteiger partial charge is 0.301 e. The van der Waals surface area contributed by atoms with E-state index in [1.807, 2.05) is 7.05 Å². The van der Waals surface area contributed by atoms with E-state index in [1.165, 1.54) is 32.1 Å². The summed E-state index contributed by atoms with van der Waals surface area (Å²) in [5, 5.41) is 0. The van der Waals surface area contributed by atoms with Gasteiger partial charge >= 0.3 is 0 Å². The lowest BCUT2D eigenvalue weighted by molar-refractivity contribution is 0.258. The average Bonchev–Trinajstić information content (AvgIpc) is 2.15. The first kappa shape index (κ1) is 10.7. The van der Waals surface area contributed by atoms with Gasteiger partial charge < -0.3 is 4.99 Å². The fourth-order valence-corrected chi connectivity index (χ4v) is 2.53. The van der Waals surface area contributed by atoms with Crippen LogP contribution >= 0.6 is 0 Å². The zero-order chi connectivity index (χ0) is 9.68. The molecule has 1 saturated carbocycles. The summed E-state index contributed by atoms with van der Waals surface area (Å²) < 4.78 is 0. The van der Waals surface area contributed by atoms with Crippen molar-refractivity contribution in [2.45, 2.75) is 46.0 Å². The van der Waals surface area contributed by atoms with E-state index in [9.17, 15) is 0 Å². The Balaban J connectivity index is 2.51. The van der Waals surface area contributed by atoms with Crippen molar-refractivity contribution in [2.24, 2.45) is 22.7 Å². The molecule has 1 fully saturated rings. The molecule has 0 aromatic carbocycles. The number of rotatable bonds is 3. The van der Waals surface area contributed by atoms with Crippen LogP contribution in [0.1, 0.15) is 46.0 Å². The molecule has 0 aromatic heterocycles. The van der Waals surface area contributed by atoms with Gasteiger partial charge in [0.05, 0.1) is 0 Å². The van der Waals surface area contributed by atoms with E-state index in [2.05, 4.69) is 25.1 Å². The summed E-state index contributed by atoms with van der Waals surface area (Å²) in [6.45, 7) is 4.64. The molecule has 1 heteroatoms. The summed E-state index contributed by atoms with van der Waals surface area (Å²) >= 11 is 0. The van der Waals surface area contributed by atoms with Crippen molar-refractivity contribution in [3.05, 3.63) is 0 Å². The van der Waals surface area contributed by atoms with Crippen LogP contribution < -0.4 is 0 Å². The van der Waals surface area contributed by atoms with Crippen LogP contribution in [0.3, 0.4) is 0 Å². The van der Waals surface area contributed by atoms with E-state index in [0.29, 0.717) is 0 Å². The SMILES string of the molecule is CN=CC(C(C)C)C1CCCCC1. The van der Waals surface area contributed by atoms with Crippen molar-refractivity contribution in [2.75, 3.05) is 7.05 Å². The normalized spacial score (nSPS) is 22.8. The number of nitrogens with zero attached hydrogens (tertiary/aromatic N) is 1. The van der Waals surface area contributed by atoms with Crippen molar-refractivity contribution in [1.82, 2.24) is 0 Å². The van der Waals surface area contributed by atoms with E-state index in [0.717, 1.165) is 17.8 Å². The Hall–Kier alpha value is -0.330. The predicted molar refractivity (Wildman–Crippen MR) is 59.3 cm³/mol. The molecular weight excluding hydrogens is 158 g/mol. The maximum atomic E-state index is 4.21. The summed E-state index contributed by atoms with van der Waals surface area (Å²) in [6.07, 6.45) is 9.35. The highest BCUT2D eigenvalue weighted by Crippen LogP contribution is 2.32. The molecule has 1 aliphatic rings. The van der Waals surface area contributed by atoms with Crippen LogP contribution in [-0.2, 0) is 0 Å². The summed E-state index contributed by atoms with van der Waals surface area (Å²) in [5.74, 6) is 2.40. The highest BCUT2D eigenvalue weighted by atomic mass is 14.6. The molecule has 13 heavy (non-hydrogen) atoms. The van der Waals surface area contributed by atoms with Gasteiger partial charge in [0.15, 0.2) is 0 Å². The van der Waals surface area contributed by atoms with Gasteiger partial charge in [-0.1, -0.05) is 33.1 Å². The minimum atomic E-state index is 0.727. The number of hydrogen-bond acceptors (Lipinski definition) is 1. The second kappa shape index (κ2) is 5.41. The van der Waals surface area contributed by atoms with Gasteiger partial charge in [-0.2, -0.15) is 0 Å². The molecule has 76 valence electrons. The molecule has 0 N–H and O–H groups in total. The van der Waals surface area contributed by atoms with E-state index >= 15 is 0 Å². The first-order valence-corrected chi connectivity index (χ1v) is 5.68. The maximum Gasteiger partial charge on any atom is 0.0273 e. The molecule has 0 aromatic rings. The molecule has 1 unspecified atom stereocenters. The predicted octanol–water partition coefficient (Wildman–Crippen LogP) is 3.54. The number of hydrogen-bond donors (Lipinski definition) is 0. The molecule has 1 rings (SSSR count). The van der Waals surface area contributed by atoms with Gasteiger partial charge in [-0.05, 0) is 30.6 Å². The quantitative estimate of drug-likeness (QED) is 0.590. The third-order valence-electron chi connectivity index (χ3n) is 3.29.